The predicted octanol–water partition coefficient (Wildman–Crippen LogP) is 3.99. The number of ether oxygens (including phenoxy) is 1. The number of nitrogens with zero attached hydrogens (tertiary/aromatic N) is 2. The first-order chi connectivity index (χ1) is 18.2. The van der Waals surface area contributed by atoms with Crippen molar-refractivity contribution in [2.75, 3.05) is 18.9 Å². The number of imide groups is 1. The summed E-state index contributed by atoms with van der Waals surface area (Å²) >= 11 is 1.75. The second-order valence-corrected chi connectivity index (χ2v) is 12.1. The lowest BCUT2D eigenvalue weighted by atomic mass is 9.94. The number of fused-ring (bicyclic) bond motifs is 3. The molecule has 6 rings (SSSR count). The number of hydrogen-bond donors (Lipinski definition) is 2. The standard InChI is InChI=1S/C28H32N4O5S/c1-15-16(2)38-23-13-31(22(17-4-5-17)9-7-20(15)23)24(33)14-32-25(34)28(37-27(32)36)11-10-18-12-19(6-8-21(18)28)30-26(35)29-3/h6,8,12,17,22H,4-5,7,9-11,13-14H2,1-3H3,(H2,29,30,35)/t22?,28-/m1/s1. The van der Waals surface area contributed by atoms with Crippen LogP contribution in [0.5, 0.6) is 0 Å². The molecule has 1 saturated carbocycles. The Morgan fingerprint density at radius 3 is 2.68 bits per heavy atom. The predicted molar refractivity (Wildman–Crippen MR) is 142 cm³/mol. The van der Waals surface area contributed by atoms with E-state index in [1.807, 2.05) is 4.90 Å². The topological polar surface area (TPSA) is 108 Å². The molecule has 1 aromatic carbocycles. The average molecular weight is 537 g/mol. The van der Waals surface area contributed by atoms with Crippen LogP contribution in [-0.4, -0.2) is 53.4 Å². The maximum Gasteiger partial charge on any atom is 0.418 e. The summed E-state index contributed by atoms with van der Waals surface area (Å²) in [5.41, 5.74) is 3.31. The molecule has 2 aliphatic heterocycles. The van der Waals surface area contributed by atoms with Gasteiger partial charge in [0, 0.05) is 40.5 Å². The monoisotopic (exact) mass is 536 g/mol. The Balaban J connectivity index is 1.23. The molecule has 5 amide bonds. The fourth-order valence-electron chi connectivity index (χ4n) is 6.31. The maximum absolute atomic E-state index is 13.7. The number of aryl methyl sites for hydroxylation is 2. The quantitative estimate of drug-likeness (QED) is 0.614. The van der Waals surface area contributed by atoms with Crippen molar-refractivity contribution in [1.29, 1.82) is 0 Å². The molecule has 2 aliphatic carbocycles. The van der Waals surface area contributed by atoms with E-state index in [1.165, 1.54) is 27.9 Å². The lowest BCUT2D eigenvalue weighted by molar-refractivity contribution is -0.143. The van der Waals surface area contributed by atoms with E-state index in [4.69, 9.17) is 4.74 Å². The molecule has 2 aromatic rings. The Hall–Kier alpha value is -3.40. The molecule has 1 unspecified atom stereocenters. The number of urea groups is 1. The Morgan fingerprint density at radius 2 is 1.95 bits per heavy atom. The van der Waals surface area contributed by atoms with E-state index in [9.17, 15) is 19.2 Å². The van der Waals surface area contributed by atoms with Crippen molar-refractivity contribution >= 4 is 41.0 Å². The number of amides is 5. The number of benzene rings is 1. The number of rotatable bonds is 4. The minimum absolute atomic E-state index is 0.128. The summed E-state index contributed by atoms with van der Waals surface area (Å²) in [5, 5.41) is 5.23. The summed E-state index contributed by atoms with van der Waals surface area (Å²) in [7, 11) is 1.53. The lowest BCUT2D eigenvalue weighted by Crippen LogP contribution is -2.48. The van der Waals surface area contributed by atoms with Crippen LogP contribution in [0.4, 0.5) is 15.3 Å². The number of nitrogens with one attached hydrogen (secondary N) is 2. The van der Waals surface area contributed by atoms with Gasteiger partial charge < -0.3 is 20.3 Å². The molecule has 3 heterocycles. The van der Waals surface area contributed by atoms with Gasteiger partial charge in [0.05, 0.1) is 6.54 Å². The first-order valence-electron chi connectivity index (χ1n) is 13.3. The number of carbonyl (C=O) groups excluding carboxylic acids is 4. The van der Waals surface area contributed by atoms with Gasteiger partial charge in [-0.2, -0.15) is 0 Å². The number of carbonyl (C=O) groups is 4. The summed E-state index contributed by atoms with van der Waals surface area (Å²) in [5.74, 6) is -0.201. The van der Waals surface area contributed by atoms with Crippen LogP contribution < -0.4 is 10.6 Å². The Morgan fingerprint density at radius 1 is 1.16 bits per heavy atom. The van der Waals surface area contributed by atoms with Crippen LogP contribution in [0.15, 0.2) is 18.2 Å². The van der Waals surface area contributed by atoms with E-state index in [-0.39, 0.29) is 24.5 Å². The van der Waals surface area contributed by atoms with E-state index >= 15 is 0 Å². The van der Waals surface area contributed by atoms with Gasteiger partial charge in [0.1, 0.15) is 6.54 Å². The molecule has 0 radical (unpaired) electrons. The lowest BCUT2D eigenvalue weighted by Gasteiger charge is -2.31. The molecule has 4 aliphatic rings. The second-order valence-electron chi connectivity index (χ2n) is 10.8. The van der Waals surface area contributed by atoms with Gasteiger partial charge in [-0.15, -0.1) is 11.3 Å². The number of anilines is 1. The van der Waals surface area contributed by atoms with E-state index < -0.39 is 17.6 Å². The summed E-state index contributed by atoms with van der Waals surface area (Å²) in [6.07, 6.45) is 4.15. The molecular weight excluding hydrogens is 504 g/mol. The van der Waals surface area contributed by atoms with Gasteiger partial charge >= 0.3 is 12.1 Å². The summed E-state index contributed by atoms with van der Waals surface area (Å²) < 4.78 is 5.75. The molecular formula is C28H32N4O5S. The summed E-state index contributed by atoms with van der Waals surface area (Å²) in [6.45, 7) is 4.49. The summed E-state index contributed by atoms with van der Waals surface area (Å²) in [6, 6.07) is 5.00. The smallest absolute Gasteiger partial charge is 0.418 e. The van der Waals surface area contributed by atoms with Crippen LogP contribution in [0.2, 0.25) is 0 Å². The highest BCUT2D eigenvalue weighted by atomic mass is 32.1. The SMILES string of the molecule is CNC(=O)Nc1ccc2c(c1)CC[C@@]21OC(=O)N(CC(=O)N2Cc3sc(C)c(C)c3CCC2C2CC2)C1=O. The van der Waals surface area contributed by atoms with Crippen LogP contribution in [0.3, 0.4) is 0 Å². The van der Waals surface area contributed by atoms with Crippen molar-refractivity contribution in [2.45, 2.75) is 70.6 Å². The van der Waals surface area contributed by atoms with Crippen molar-refractivity contribution in [3.8, 4) is 0 Å². The third kappa shape index (κ3) is 3.97. The molecule has 1 aromatic heterocycles. The van der Waals surface area contributed by atoms with Crippen LogP contribution in [-0.2, 0) is 39.3 Å². The largest absolute Gasteiger partial charge is 0.427 e. The number of thiophene rings is 1. The molecule has 2 N–H and O–H groups in total. The Bertz CT molecular complexity index is 1370. The molecule has 200 valence electrons. The Kier molecular flexibility index (Phi) is 5.97. The third-order valence-corrected chi connectivity index (χ3v) is 9.86. The van der Waals surface area contributed by atoms with Crippen LogP contribution in [0.25, 0.3) is 0 Å². The zero-order chi connectivity index (χ0) is 26.8. The molecule has 1 saturated heterocycles. The normalized spacial score (nSPS) is 24.2. The van der Waals surface area contributed by atoms with Crippen LogP contribution in [0.1, 0.15) is 57.7 Å². The molecule has 10 heteroatoms. The molecule has 38 heavy (non-hydrogen) atoms. The van der Waals surface area contributed by atoms with E-state index in [1.54, 1.807) is 29.5 Å². The van der Waals surface area contributed by atoms with Crippen molar-refractivity contribution in [2.24, 2.45) is 5.92 Å². The fourth-order valence-corrected chi connectivity index (χ4v) is 7.54. The highest BCUT2D eigenvalue weighted by Gasteiger charge is 2.58. The van der Waals surface area contributed by atoms with E-state index in [0.29, 0.717) is 36.6 Å². The van der Waals surface area contributed by atoms with Gasteiger partial charge in [-0.25, -0.2) is 14.5 Å². The van der Waals surface area contributed by atoms with Crippen LogP contribution in [0, 0.1) is 19.8 Å². The highest BCUT2D eigenvalue weighted by molar-refractivity contribution is 7.12. The second kappa shape index (κ2) is 9.11. The van der Waals surface area contributed by atoms with Crippen molar-refractivity contribution in [1.82, 2.24) is 15.1 Å². The van der Waals surface area contributed by atoms with Gasteiger partial charge in [-0.1, -0.05) is 6.07 Å². The van der Waals surface area contributed by atoms with Gasteiger partial charge in [-0.05, 0) is 80.7 Å². The van der Waals surface area contributed by atoms with Crippen molar-refractivity contribution < 1.29 is 23.9 Å². The number of hydrogen-bond acceptors (Lipinski definition) is 6. The summed E-state index contributed by atoms with van der Waals surface area (Å²) in [4.78, 5) is 57.6. The maximum atomic E-state index is 13.7. The van der Waals surface area contributed by atoms with Gasteiger partial charge in [0.25, 0.3) is 5.91 Å². The van der Waals surface area contributed by atoms with Gasteiger partial charge in [0.15, 0.2) is 0 Å². The highest BCUT2D eigenvalue weighted by Crippen LogP contribution is 2.46. The minimum atomic E-state index is -1.41. The van der Waals surface area contributed by atoms with Crippen molar-refractivity contribution in [3.05, 3.63) is 50.2 Å². The van der Waals surface area contributed by atoms with Gasteiger partial charge in [-0.3, -0.25) is 9.59 Å². The van der Waals surface area contributed by atoms with Crippen LogP contribution >= 0.6 is 11.3 Å². The minimum Gasteiger partial charge on any atom is -0.427 e. The third-order valence-electron chi connectivity index (χ3n) is 8.62. The van der Waals surface area contributed by atoms with E-state index in [0.717, 1.165) is 36.1 Å². The zero-order valence-electron chi connectivity index (χ0n) is 21.9. The zero-order valence-corrected chi connectivity index (χ0v) is 22.7. The van der Waals surface area contributed by atoms with Gasteiger partial charge in [0.2, 0.25) is 11.5 Å². The molecule has 2 fully saturated rings. The molecule has 9 nitrogen and oxygen atoms in total. The average Bonchev–Trinajstić information content (AvgIpc) is 3.61. The molecule has 1 spiro atoms. The van der Waals surface area contributed by atoms with Crippen molar-refractivity contribution in [3.63, 3.8) is 0 Å². The molecule has 0 bridgehead atoms. The van der Waals surface area contributed by atoms with E-state index in [2.05, 4.69) is 24.5 Å². The first kappa shape index (κ1) is 24.9. The Labute approximate surface area is 225 Å². The fraction of sp³-hybridized carbons (Fsp3) is 0.500. The first-order valence-corrected chi connectivity index (χ1v) is 14.1. The molecule has 2 atom stereocenters.